The predicted molar refractivity (Wildman–Crippen MR) is 74.8 cm³/mol. The first-order valence-corrected chi connectivity index (χ1v) is 6.30. The maximum atomic E-state index is 9.21. The van der Waals surface area contributed by atoms with E-state index in [2.05, 4.69) is 18.3 Å². The van der Waals surface area contributed by atoms with Gasteiger partial charge >= 0.3 is 0 Å². The van der Waals surface area contributed by atoms with E-state index in [1.54, 1.807) is 12.1 Å². The number of phenols is 1. The van der Waals surface area contributed by atoms with E-state index in [1.165, 1.54) is 5.56 Å². The van der Waals surface area contributed by atoms with E-state index in [-0.39, 0.29) is 6.04 Å². The molecular formula is C15H16ClNO. The van der Waals surface area contributed by atoms with Gasteiger partial charge in [-0.2, -0.15) is 0 Å². The van der Waals surface area contributed by atoms with Crippen molar-refractivity contribution in [1.82, 2.24) is 5.32 Å². The molecule has 0 radical (unpaired) electrons. The predicted octanol–water partition coefficient (Wildman–Crippen LogP) is 3.90. The Hall–Kier alpha value is -1.51. The molecule has 0 bridgehead atoms. The molecule has 0 aromatic heterocycles. The Balaban J connectivity index is 1.96. The third kappa shape index (κ3) is 3.49. The van der Waals surface area contributed by atoms with Crippen LogP contribution >= 0.6 is 11.6 Å². The van der Waals surface area contributed by atoms with Gasteiger partial charge in [0.2, 0.25) is 0 Å². The average molecular weight is 262 g/mol. The van der Waals surface area contributed by atoms with Crippen LogP contribution in [0.4, 0.5) is 0 Å². The van der Waals surface area contributed by atoms with E-state index in [4.69, 9.17) is 11.6 Å². The number of phenolic OH excluding ortho intramolecular Hbond substituents is 1. The standard InChI is InChI=1S/C15H16ClNO/c1-11(13-3-2-4-14(16)9-13)17-10-12-5-7-15(18)8-6-12/h2-9,11,17-18H,10H2,1H3. The highest BCUT2D eigenvalue weighted by Crippen LogP contribution is 2.18. The highest BCUT2D eigenvalue weighted by atomic mass is 35.5. The molecule has 0 amide bonds. The molecule has 0 aliphatic carbocycles. The van der Waals surface area contributed by atoms with Crippen LogP contribution in [0.2, 0.25) is 5.02 Å². The molecule has 2 aromatic carbocycles. The lowest BCUT2D eigenvalue weighted by atomic mass is 10.1. The molecule has 94 valence electrons. The number of rotatable bonds is 4. The highest BCUT2D eigenvalue weighted by Gasteiger charge is 2.05. The van der Waals surface area contributed by atoms with Gasteiger partial charge in [-0.15, -0.1) is 0 Å². The van der Waals surface area contributed by atoms with Gasteiger partial charge in [-0.05, 0) is 42.3 Å². The van der Waals surface area contributed by atoms with Crippen LogP contribution < -0.4 is 5.32 Å². The summed E-state index contributed by atoms with van der Waals surface area (Å²) in [6.07, 6.45) is 0. The smallest absolute Gasteiger partial charge is 0.115 e. The molecule has 0 heterocycles. The van der Waals surface area contributed by atoms with Gasteiger partial charge in [0.05, 0.1) is 0 Å². The van der Waals surface area contributed by atoms with E-state index >= 15 is 0 Å². The summed E-state index contributed by atoms with van der Waals surface area (Å²) in [5.41, 5.74) is 2.31. The second-order valence-electron chi connectivity index (χ2n) is 4.32. The van der Waals surface area contributed by atoms with E-state index in [9.17, 15) is 5.11 Å². The topological polar surface area (TPSA) is 32.3 Å². The SMILES string of the molecule is CC(NCc1ccc(O)cc1)c1cccc(Cl)c1. The molecule has 1 atom stereocenters. The van der Waals surface area contributed by atoms with Gasteiger partial charge in [0, 0.05) is 17.6 Å². The summed E-state index contributed by atoms with van der Waals surface area (Å²) in [4.78, 5) is 0. The quantitative estimate of drug-likeness (QED) is 0.875. The Morgan fingerprint density at radius 2 is 1.89 bits per heavy atom. The summed E-state index contributed by atoms with van der Waals surface area (Å²) < 4.78 is 0. The molecule has 2 nitrogen and oxygen atoms in total. The number of benzene rings is 2. The fraction of sp³-hybridized carbons (Fsp3) is 0.200. The zero-order valence-electron chi connectivity index (χ0n) is 10.2. The molecule has 0 fully saturated rings. The number of halogens is 1. The van der Waals surface area contributed by atoms with E-state index in [1.807, 2.05) is 30.3 Å². The lowest BCUT2D eigenvalue weighted by Crippen LogP contribution is -2.17. The summed E-state index contributed by atoms with van der Waals surface area (Å²) in [5, 5.41) is 13.4. The summed E-state index contributed by atoms with van der Waals surface area (Å²) in [6.45, 7) is 2.86. The summed E-state index contributed by atoms with van der Waals surface area (Å²) in [7, 11) is 0. The fourth-order valence-corrected chi connectivity index (χ4v) is 1.98. The normalized spacial score (nSPS) is 12.3. The first kappa shape index (κ1) is 12.9. The van der Waals surface area contributed by atoms with Gasteiger partial charge in [-0.1, -0.05) is 35.9 Å². The molecular weight excluding hydrogens is 246 g/mol. The Morgan fingerprint density at radius 1 is 1.17 bits per heavy atom. The molecule has 1 unspecified atom stereocenters. The largest absolute Gasteiger partial charge is 0.508 e. The second kappa shape index (κ2) is 5.89. The van der Waals surface area contributed by atoms with Crippen molar-refractivity contribution in [2.75, 3.05) is 0 Å². The Labute approximate surface area is 112 Å². The molecule has 2 rings (SSSR count). The maximum absolute atomic E-state index is 9.21. The van der Waals surface area contributed by atoms with Gasteiger partial charge in [0.1, 0.15) is 5.75 Å². The van der Waals surface area contributed by atoms with Crippen LogP contribution in [0, 0.1) is 0 Å². The van der Waals surface area contributed by atoms with Gasteiger partial charge < -0.3 is 10.4 Å². The van der Waals surface area contributed by atoms with Crippen LogP contribution in [0.25, 0.3) is 0 Å². The molecule has 0 aliphatic heterocycles. The third-order valence-corrected chi connectivity index (χ3v) is 3.13. The van der Waals surface area contributed by atoms with Crippen LogP contribution in [-0.2, 0) is 6.54 Å². The fourth-order valence-electron chi connectivity index (χ4n) is 1.78. The molecule has 0 spiro atoms. The van der Waals surface area contributed by atoms with Crippen LogP contribution in [0.3, 0.4) is 0 Å². The Kier molecular flexibility index (Phi) is 4.24. The van der Waals surface area contributed by atoms with E-state index in [0.29, 0.717) is 5.75 Å². The lowest BCUT2D eigenvalue weighted by molar-refractivity contribution is 0.474. The van der Waals surface area contributed by atoms with Crippen molar-refractivity contribution in [3.8, 4) is 5.75 Å². The van der Waals surface area contributed by atoms with Gasteiger partial charge in [0.25, 0.3) is 0 Å². The number of hydrogen-bond donors (Lipinski definition) is 2. The lowest BCUT2D eigenvalue weighted by Gasteiger charge is -2.14. The minimum atomic E-state index is 0.234. The van der Waals surface area contributed by atoms with Crippen molar-refractivity contribution in [2.45, 2.75) is 19.5 Å². The Morgan fingerprint density at radius 3 is 2.56 bits per heavy atom. The summed E-state index contributed by atoms with van der Waals surface area (Å²) in [5.74, 6) is 0.293. The maximum Gasteiger partial charge on any atom is 0.115 e. The first-order valence-electron chi connectivity index (χ1n) is 5.92. The molecule has 18 heavy (non-hydrogen) atoms. The third-order valence-electron chi connectivity index (χ3n) is 2.90. The zero-order chi connectivity index (χ0) is 13.0. The first-order chi connectivity index (χ1) is 8.65. The summed E-state index contributed by atoms with van der Waals surface area (Å²) >= 11 is 5.97. The highest BCUT2D eigenvalue weighted by molar-refractivity contribution is 6.30. The van der Waals surface area contributed by atoms with Gasteiger partial charge in [0.15, 0.2) is 0 Å². The van der Waals surface area contributed by atoms with E-state index < -0.39 is 0 Å². The van der Waals surface area contributed by atoms with E-state index in [0.717, 1.165) is 17.1 Å². The van der Waals surface area contributed by atoms with Crippen molar-refractivity contribution >= 4 is 11.6 Å². The molecule has 0 saturated carbocycles. The molecule has 0 aliphatic rings. The minimum Gasteiger partial charge on any atom is -0.508 e. The minimum absolute atomic E-state index is 0.234. The average Bonchev–Trinajstić information content (AvgIpc) is 2.38. The zero-order valence-corrected chi connectivity index (χ0v) is 11.0. The van der Waals surface area contributed by atoms with Gasteiger partial charge in [-0.25, -0.2) is 0 Å². The van der Waals surface area contributed by atoms with Gasteiger partial charge in [-0.3, -0.25) is 0 Å². The second-order valence-corrected chi connectivity index (χ2v) is 4.76. The van der Waals surface area contributed by atoms with Crippen molar-refractivity contribution < 1.29 is 5.11 Å². The Bertz CT molecular complexity index is 510. The number of hydrogen-bond acceptors (Lipinski definition) is 2. The van der Waals surface area contributed by atoms with Crippen molar-refractivity contribution in [2.24, 2.45) is 0 Å². The van der Waals surface area contributed by atoms with Crippen molar-refractivity contribution in [3.05, 3.63) is 64.7 Å². The number of nitrogens with one attached hydrogen (secondary N) is 1. The van der Waals surface area contributed by atoms with Crippen LogP contribution in [0.5, 0.6) is 5.75 Å². The van der Waals surface area contributed by atoms with Crippen molar-refractivity contribution in [3.63, 3.8) is 0 Å². The molecule has 2 aromatic rings. The van der Waals surface area contributed by atoms with Crippen LogP contribution in [-0.4, -0.2) is 5.11 Å². The molecule has 3 heteroatoms. The van der Waals surface area contributed by atoms with Crippen LogP contribution in [0.1, 0.15) is 24.1 Å². The summed E-state index contributed by atoms with van der Waals surface area (Å²) in [6, 6.07) is 15.3. The van der Waals surface area contributed by atoms with Crippen molar-refractivity contribution in [1.29, 1.82) is 0 Å². The monoisotopic (exact) mass is 261 g/mol. The number of aromatic hydroxyl groups is 1. The molecule has 0 saturated heterocycles. The van der Waals surface area contributed by atoms with Crippen LogP contribution in [0.15, 0.2) is 48.5 Å². The molecule has 2 N–H and O–H groups in total.